The van der Waals surface area contributed by atoms with E-state index in [1.807, 2.05) is 30.4 Å². The summed E-state index contributed by atoms with van der Waals surface area (Å²) in [6.07, 6.45) is 11.4. The third-order valence-corrected chi connectivity index (χ3v) is 4.82. The van der Waals surface area contributed by atoms with Crippen LogP contribution in [0, 0.1) is 5.92 Å². The van der Waals surface area contributed by atoms with Crippen LogP contribution >= 0.6 is 11.8 Å². The molecule has 0 bridgehead atoms. The van der Waals surface area contributed by atoms with Gasteiger partial charge in [-0.1, -0.05) is 12.8 Å². The van der Waals surface area contributed by atoms with Gasteiger partial charge in [-0.2, -0.15) is 0 Å². The number of hydrogen-bond acceptors (Lipinski definition) is 4. The summed E-state index contributed by atoms with van der Waals surface area (Å²) in [5, 5.41) is 4.34. The van der Waals surface area contributed by atoms with Crippen molar-refractivity contribution in [3.05, 3.63) is 18.6 Å². The molecule has 1 aliphatic carbocycles. The fraction of sp³-hybridized carbons (Fsp3) is 0.571. The third-order valence-electron chi connectivity index (χ3n) is 3.63. The molecule has 1 saturated carbocycles. The zero-order valence-corrected chi connectivity index (χ0v) is 12.1. The molecule has 2 aromatic rings. The van der Waals surface area contributed by atoms with Gasteiger partial charge in [0.2, 0.25) is 0 Å². The summed E-state index contributed by atoms with van der Waals surface area (Å²) >= 11 is 1.86. The summed E-state index contributed by atoms with van der Waals surface area (Å²) in [6.45, 7) is 2.98. The number of nitrogens with one attached hydrogen (secondary N) is 1. The van der Waals surface area contributed by atoms with Crippen molar-refractivity contribution in [2.24, 2.45) is 5.92 Å². The maximum atomic E-state index is 4.69. The van der Waals surface area contributed by atoms with Crippen LogP contribution in [0.1, 0.15) is 32.6 Å². The van der Waals surface area contributed by atoms with Crippen molar-refractivity contribution >= 4 is 23.2 Å². The first-order valence-corrected chi connectivity index (χ1v) is 8.05. The minimum Gasteiger partial charge on any atom is -0.369 e. The standard InChI is InChI=1S/C14H20N4S/c1-2-15-12-9-18-8-7-16-13(18)14(17-12)19-10-11-5-3-4-6-11/h7-9,11,15H,2-6,10H2,1H3. The van der Waals surface area contributed by atoms with Crippen LogP contribution in [0.5, 0.6) is 0 Å². The molecule has 0 radical (unpaired) electrons. The van der Waals surface area contributed by atoms with Crippen molar-refractivity contribution in [2.75, 3.05) is 17.6 Å². The topological polar surface area (TPSA) is 42.2 Å². The van der Waals surface area contributed by atoms with Gasteiger partial charge in [0, 0.05) is 24.7 Å². The number of anilines is 1. The van der Waals surface area contributed by atoms with Crippen molar-refractivity contribution in [1.29, 1.82) is 0 Å². The molecule has 0 amide bonds. The van der Waals surface area contributed by atoms with Gasteiger partial charge in [0.05, 0.1) is 6.20 Å². The Hall–Kier alpha value is -1.23. The maximum Gasteiger partial charge on any atom is 0.169 e. The lowest BCUT2D eigenvalue weighted by Gasteiger charge is -2.10. The Kier molecular flexibility index (Phi) is 3.92. The number of thioether (sulfide) groups is 1. The molecule has 3 rings (SSSR count). The molecule has 0 spiro atoms. The Morgan fingerprint density at radius 2 is 2.26 bits per heavy atom. The number of fused-ring (bicyclic) bond motifs is 1. The second-order valence-electron chi connectivity index (χ2n) is 5.08. The molecule has 0 aliphatic heterocycles. The lowest BCUT2D eigenvalue weighted by molar-refractivity contribution is 0.623. The molecule has 2 heterocycles. The van der Waals surface area contributed by atoms with E-state index in [-0.39, 0.29) is 0 Å². The fourth-order valence-electron chi connectivity index (χ4n) is 2.64. The predicted molar refractivity (Wildman–Crippen MR) is 79.8 cm³/mol. The van der Waals surface area contributed by atoms with Crippen molar-refractivity contribution in [2.45, 2.75) is 37.6 Å². The minimum atomic E-state index is 0.865. The highest BCUT2D eigenvalue weighted by Gasteiger charge is 2.17. The SMILES string of the molecule is CCNc1cn2ccnc2c(SCC2CCCC2)n1. The summed E-state index contributed by atoms with van der Waals surface area (Å²) in [7, 11) is 0. The summed E-state index contributed by atoms with van der Waals surface area (Å²) in [5.41, 5.74) is 0.977. The van der Waals surface area contributed by atoms with Gasteiger partial charge in [-0.25, -0.2) is 9.97 Å². The van der Waals surface area contributed by atoms with Crippen molar-refractivity contribution in [1.82, 2.24) is 14.4 Å². The monoisotopic (exact) mass is 276 g/mol. The first-order valence-electron chi connectivity index (χ1n) is 7.07. The number of hydrogen-bond donors (Lipinski definition) is 1. The van der Waals surface area contributed by atoms with Gasteiger partial charge in [0.1, 0.15) is 10.8 Å². The molecule has 0 atom stereocenters. The van der Waals surface area contributed by atoms with Gasteiger partial charge in [0.25, 0.3) is 0 Å². The summed E-state index contributed by atoms with van der Waals surface area (Å²) < 4.78 is 2.06. The molecule has 4 nitrogen and oxygen atoms in total. The van der Waals surface area contributed by atoms with Crippen LogP contribution in [0.15, 0.2) is 23.6 Å². The zero-order valence-electron chi connectivity index (χ0n) is 11.3. The highest BCUT2D eigenvalue weighted by Crippen LogP contribution is 2.31. The molecule has 19 heavy (non-hydrogen) atoms. The van der Waals surface area contributed by atoms with E-state index in [1.165, 1.54) is 31.4 Å². The number of aromatic nitrogens is 3. The largest absolute Gasteiger partial charge is 0.369 e. The Labute approximate surface area is 118 Å². The predicted octanol–water partition coefficient (Wildman–Crippen LogP) is 3.44. The molecule has 1 fully saturated rings. The third kappa shape index (κ3) is 2.86. The van der Waals surface area contributed by atoms with Gasteiger partial charge in [-0.05, 0) is 25.7 Å². The average molecular weight is 276 g/mol. The van der Waals surface area contributed by atoms with Crippen LogP contribution in [0.25, 0.3) is 5.65 Å². The summed E-state index contributed by atoms with van der Waals surface area (Å²) in [4.78, 5) is 9.11. The fourth-order valence-corrected chi connectivity index (χ4v) is 3.82. The van der Waals surface area contributed by atoms with Crippen molar-refractivity contribution in [3.8, 4) is 0 Å². The quantitative estimate of drug-likeness (QED) is 0.849. The van der Waals surface area contributed by atoms with Crippen molar-refractivity contribution in [3.63, 3.8) is 0 Å². The lowest BCUT2D eigenvalue weighted by Crippen LogP contribution is -2.04. The lowest BCUT2D eigenvalue weighted by atomic mass is 10.1. The number of rotatable bonds is 5. The minimum absolute atomic E-state index is 0.865. The van der Waals surface area contributed by atoms with Gasteiger partial charge in [-0.3, -0.25) is 0 Å². The molecule has 0 aromatic carbocycles. The van der Waals surface area contributed by atoms with E-state index in [1.54, 1.807) is 0 Å². The smallest absolute Gasteiger partial charge is 0.169 e. The van der Waals surface area contributed by atoms with Crippen LogP contribution in [-0.4, -0.2) is 26.7 Å². The summed E-state index contributed by atoms with van der Waals surface area (Å²) in [6, 6.07) is 0. The van der Waals surface area contributed by atoms with Gasteiger partial charge in [-0.15, -0.1) is 11.8 Å². The maximum absolute atomic E-state index is 4.69. The van der Waals surface area contributed by atoms with E-state index in [9.17, 15) is 0 Å². The summed E-state index contributed by atoms with van der Waals surface area (Å²) in [5.74, 6) is 2.97. The first-order chi connectivity index (χ1) is 9.36. The van der Waals surface area contributed by atoms with E-state index >= 15 is 0 Å². The number of imidazole rings is 1. The Bertz CT molecular complexity index is 545. The Morgan fingerprint density at radius 3 is 3.05 bits per heavy atom. The van der Waals surface area contributed by atoms with E-state index < -0.39 is 0 Å². The molecule has 5 heteroatoms. The zero-order chi connectivity index (χ0) is 13.1. The number of nitrogens with zero attached hydrogens (tertiary/aromatic N) is 3. The molecule has 1 N–H and O–H groups in total. The van der Waals surface area contributed by atoms with Crippen LogP contribution in [-0.2, 0) is 0 Å². The van der Waals surface area contributed by atoms with E-state index in [2.05, 4.69) is 21.6 Å². The van der Waals surface area contributed by atoms with Gasteiger partial charge in [0.15, 0.2) is 5.65 Å². The molecular formula is C14H20N4S. The molecule has 0 unspecified atom stereocenters. The normalized spacial score (nSPS) is 16.3. The van der Waals surface area contributed by atoms with E-state index in [0.29, 0.717) is 0 Å². The Morgan fingerprint density at radius 1 is 1.42 bits per heavy atom. The van der Waals surface area contributed by atoms with E-state index in [4.69, 9.17) is 4.98 Å². The molecular weight excluding hydrogens is 256 g/mol. The Balaban J connectivity index is 1.80. The molecule has 0 saturated heterocycles. The van der Waals surface area contributed by atoms with Crippen molar-refractivity contribution < 1.29 is 0 Å². The van der Waals surface area contributed by atoms with Gasteiger partial charge < -0.3 is 9.72 Å². The first kappa shape index (κ1) is 12.8. The highest BCUT2D eigenvalue weighted by molar-refractivity contribution is 7.99. The highest BCUT2D eigenvalue weighted by atomic mass is 32.2. The van der Waals surface area contributed by atoms with Crippen LogP contribution in [0.2, 0.25) is 0 Å². The van der Waals surface area contributed by atoms with Crippen LogP contribution in [0.4, 0.5) is 5.82 Å². The van der Waals surface area contributed by atoms with Gasteiger partial charge >= 0.3 is 0 Å². The molecule has 102 valence electrons. The second kappa shape index (κ2) is 5.82. The van der Waals surface area contributed by atoms with Crippen LogP contribution in [0.3, 0.4) is 0 Å². The molecule has 1 aliphatic rings. The molecule has 2 aromatic heterocycles. The van der Waals surface area contributed by atoms with E-state index in [0.717, 1.165) is 29.0 Å². The average Bonchev–Trinajstić information content (AvgIpc) is 3.07. The van der Waals surface area contributed by atoms with Crippen LogP contribution < -0.4 is 5.32 Å². The second-order valence-corrected chi connectivity index (χ2v) is 6.09.